The number of amides is 2. The van der Waals surface area contributed by atoms with Crippen molar-refractivity contribution in [2.24, 2.45) is 0 Å². The Hall–Kier alpha value is -2.50. The van der Waals surface area contributed by atoms with E-state index in [-0.39, 0.29) is 12.3 Å². The van der Waals surface area contributed by atoms with Crippen LogP contribution in [0.15, 0.2) is 48.5 Å². The number of hydrazine groups is 1. The van der Waals surface area contributed by atoms with Crippen molar-refractivity contribution in [1.29, 1.82) is 0 Å². The van der Waals surface area contributed by atoms with Crippen LogP contribution in [-0.2, 0) is 9.59 Å². The molecule has 2 N–H and O–H groups in total. The number of hydrogen-bond donors (Lipinski definition) is 2. The lowest BCUT2D eigenvalue weighted by molar-refractivity contribution is -0.126. The van der Waals surface area contributed by atoms with E-state index < -0.39 is 5.91 Å². The first kappa shape index (κ1) is 20.8. The number of ether oxygens (including phenoxy) is 1. The second-order valence-corrected chi connectivity index (χ2v) is 6.65. The molecule has 0 atom stereocenters. The summed E-state index contributed by atoms with van der Waals surface area (Å²) >= 11 is 11.8. The summed E-state index contributed by atoms with van der Waals surface area (Å²) in [6.45, 7) is 2.31. The van der Waals surface area contributed by atoms with Gasteiger partial charge < -0.3 is 4.74 Å². The van der Waals surface area contributed by atoms with Gasteiger partial charge in [0.2, 0.25) is 5.91 Å². The van der Waals surface area contributed by atoms with Crippen LogP contribution < -0.4 is 15.6 Å². The van der Waals surface area contributed by atoms with E-state index in [1.807, 2.05) is 31.2 Å². The largest absolute Gasteiger partial charge is 0.492 e. The minimum absolute atomic E-state index is 0.202. The molecule has 0 aliphatic rings. The molecule has 0 heterocycles. The molecule has 0 unspecified atom stereocenters. The molecular weight excluding hydrogens is 387 g/mol. The standard InChI is InChI=1S/C20H20Cl2N2O3/c1-14-4-6-15(7-5-14)8-11-20(26)24-23-19(25)3-2-12-27-18-10-9-16(21)13-17(18)22/h4-11,13H,2-3,12H2,1H3,(H,23,25)(H,24,26)/b11-8+. The van der Waals surface area contributed by atoms with Gasteiger partial charge in [-0.15, -0.1) is 0 Å². The fraction of sp³-hybridized carbons (Fsp3) is 0.200. The highest BCUT2D eigenvalue weighted by Crippen LogP contribution is 2.27. The zero-order chi connectivity index (χ0) is 19.6. The van der Waals surface area contributed by atoms with Crippen molar-refractivity contribution < 1.29 is 14.3 Å². The summed E-state index contributed by atoms with van der Waals surface area (Å²) < 4.78 is 5.49. The van der Waals surface area contributed by atoms with Crippen molar-refractivity contribution in [3.63, 3.8) is 0 Å². The summed E-state index contributed by atoms with van der Waals surface area (Å²) in [4.78, 5) is 23.4. The van der Waals surface area contributed by atoms with Crippen LogP contribution in [0.2, 0.25) is 10.0 Å². The van der Waals surface area contributed by atoms with Gasteiger partial charge in [0.15, 0.2) is 0 Å². The molecule has 142 valence electrons. The van der Waals surface area contributed by atoms with Gasteiger partial charge in [-0.1, -0.05) is 53.0 Å². The SMILES string of the molecule is Cc1ccc(/C=C/C(=O)NNC(=O)CCCOc2ccc(Cl)cc2Cl)cc1. The molecule has 5 nitrogen and oxygen atoms in total. The summed E-state index contributed by atoms with van der Waals surface area (Å²) in [5.74, 6) is -0.206. The van der Waals surface area contributed by atoms with Crippen molar-refractivity contribution in [2.45, 2.75) is 19.8 Å². The van der Waals surface area contributed by atoms with Gasteiger partial charge in [-0.2, -0.15) is 0 Å². The molecule has 0 aliphatic carbocycles. The van der Waals surface area contributed by atoms with Crippen molar-refractivity contribution in [3.8, 4) is 5.75 Å². The van der Waals surface area contributed by atoms with Crippen molar-refractivity contribution in [1.82, 2.24) is 10.9 Å². The highest BCUT2D eigenvalue weighted by Gasteiger charge is 2.05. The molecule has 0 aromatic heterocycles. The number of aryl methyl sites for hydroxylation is 1. The third kappa shape index (κ3) is 7.72. The highest BCUT2D eigenvalue weighted by molar-refractivity contribution is 6.35. The number of benzene rings is 2. The number of carbonyl (C=O) groups is 2. The number of rotatable bonds is 7. The quantitative estimate of drug-likeness (QED) is 0.408. The van der Waals surface area contributed by atoms with Gasteiger partial charge in [-0.3, -0.25) is 20.4 Å². The Morgan fingerprint density at radius 2 is 1.81 bits per heavy atom. The summed E-state index contributed by atoms with van der Waals surface area (Å²) in [7, 11) is 0. The van der Waals surface area contributed by atoms with Crippen molar-refractivity contribution in [2.75, 3.05) is 6.61 Å². The summed E-state index contributed by atoms with van der Waals surface area (Å²) in [5, 5.41) is 0.943. The van der Waals surface area contributed by atoms with E-state index in [0.717, 1.165) is 11.1 Å². The molecule has 0 fully saturated rings. The van der Waals surface area contributed by atoms with Crippen LogP contribution in [0.4, 0.5) is 0 Å². The molecule has 2 rings (SSSR count). The normalized spacial score (nSPS) is 10.6. The zero-order valence-electron chi connectivity index (χ0n) is 14.8. The van der Waals surface area contributed by atoms with Crippen LogP contribution in [0, 0.1) is 6.92 Å². The lowest BCUT2D eigenvalue weighted by Crippen LogP contribution is -2.40. The molecule has 27 heavy (non-hydrogen) atoms. The molecule has 0 bridgehead atoms. The van der Waals surface area contributed by atoms with E-state index in [0.29, 0.717) is 28.8 Å². The van der Waals surface area contributed by atoms with E-state index in [4.69, 9.17) is 27.9 Å². The average molecular weight is 407 g/mol. The molecular formula is C20H20Cl2N2O3. The Balaban J connectivity index is 1.64. The molecule has 2 amide bonds. The Kier molecular flexibility index (Phi) is 8.17. The monoisotopic (exact) mass is 406 g/mol. The fourth-order valence-electron chi connectivity index (χ4n) is 2.09. The van der Waals surface area contributed by atoms with Gasteiger partial charge in [0, 0.05) is 17.5 Å². The first-order chi connectivity index (χ1) is 12.9. The second-order valence-electron chi connectivity index (χ2n) is 5.81. The van der Waals surface area contributed by atoms with E-state index in [1.165, 1.54) is 6.08 Å². The molecule has 0 spiro atoms. The van der Waals surface area contributed by atoms with E-state index in [9.17, 15) is 9.59 Å². The molecule has 0 saturated carbocycles. The van der Waals surface area contributed by atoms with Crippen LogP contribution in [0.25, 0.3) is 6.08 Å². The van der Waals surface area contributed by atoms with E-state index >= 15 is 0 Å². The maximum atomic E-state index is 11.7. The Labute approximate surface area is 168 Å². The lowest BCUT2D eigenvalue weighted by Gasteiger charge is -2.08. The van der Waals surface area contributed by atoms with Gasteiger partial charge in [-0.25, -0.2) is 0 Å². The number of carbonyl (C=O) groups excluding carboxylic acids is 2. The summed E-state index contributed by atoms with van der Waals surface area (Å²) in [6, 6.07) is 12.7. The Bertz CT molecular complexity index is 820. The molecule has 2 aromatic carbocycles. The molecule has 0 saturated heterocycles. The Morgan fingerprint density at radius 3 is 2.52 bits per heavy atom. The van der Waals surface area contributed by atoms with Crippen LogP contribution in [-0.4, -0.2) is 18.4 Å². The minimum Gasteiger partial charge on any atom is -0.492 e. The number of nitrogens with one attached hydrogen (secondary N) is 2. The van der Waals surface area contributed by atoms with E-state index in [2.05, 4.69) is 10.9 Å². The first-order valence-electron chi connectivity index (χ1n) is 8.35. The maximum absolute atomic E-state index is 11.7. The van der Waals surface area contributed by atoms with Crippen molar-refractivity contribution in [3.05, 3.63) is 69.7 Å². The maximum Gasteiger partial charge on any atom is 0.262 e. The lowest BCUT2D eigenvalue weighted by atomic mass is 10.1. The smallest absolute Gasteiger partial charge is 0.262 e. The topological polar surface area (TPSA) is 67.4 Å². The van der Waals surface area contributed by atoms with Gasteiger partial charge >= 0.3 is 0 Å². The van der Waals surface area contributed by atoms with Crippen LogP contribution in [0.1, 0.15) is 24.0 Å². The van der Waals surface area contributed by atoms with Crippen LogP contribution in [0.3, 0.4) is 0 Å². The predicted octanol–water partition coefficient (Wildman–Crippen LogP) is 4.32. The van der Waals surface area contributed by atoms with Gasteiger partial charge in [0.25, 0.3) is 5.91 Å². The summed E-state index contributed by atoms with van der Waals surface area (Å²) in [5.41, 5.74) is 6.74. The highest BCUT2D eigenvalue weighted by atomic mass is 35.5. The van der Waals surface area contributed by atoms with Crippen LogP contribution in [0.5, 0.6) is 5.75 Å². The average Bonchev–Trinajstić information content (AvgIpc) is 2.64. The van der Waals surface area contributed by atoms with E-state index in [1.54, 1.807) is 24.3 Å². The number of hydrogen-bond acceptors (Lipinski definition) is 3. The van der Waals surface area contributed by atoms with Gasteiger partial charge in [0.05, 0.1) is 11.6 Å². The summed E-state index contributed by atoms with van der Waals surface area (Å²) in [6.07, 6.45) is 3.70. The molecule has 0 aliphatic heterocycles. The number of halogens is 2. The second kappa shape index (κ2) is 10.6. The fourth-order valence-corrected chi connectivity index (χ4v) is 2.56. The first-order valence-corrected chi connectivity index (χ1v) is 9.11. The third-order valence-corrected chi connectivity index (χ3v) is 4.06. The van der Waals surface area contributed by atoms with Gasteiger partial charge in [-0.05, 0) is 43.2 Å². The Morgan fingerprint density at radius 1 is 1.07 bits per heavy atom. The van der Waals surface area contributed by atoms with Gasteiger partial charge in [0.1, 0.15) is 5.75 Å². The third-order valence-electron chi connectivity index (χ3n) is 3.53. The van der Waals surface area contributed by atoms with Crippen LogP contribution >= 0.6 is 23.2 Å². The predicted molar refractivity (Wildman–Crippen MR) is 108 cm³/mol. The minimum atomic E-state index is -0.409. The molecule has 7 heteroatoms. The molecule has 0 radical (unpaired) electrons. The zero-order valence-corrected chi connectivity index (χ0v) is 16.3. The molecule has 2 aromatic rings. The van der Waals surface area contributed by atoms with Crippen molar-refractivity contribution >= 4 is 41.1 Å².